The van der Waals surface area contributed by atoms with E-state index in [9.17, 15) is 9.59 Å². The van der Waals surface area contributed by atoms with Gasteiger partial charge in [-0.05, 0) is 36.8 Å². The second-order valence-electron chi connectivity index (χ2n) is 6.37. The van der Waals surface area contributed by atoms with E-state index in [1.54, 1.807) is 0 Å². The number of hydrogen-bond acceptors (Lipinski definition) is 6. The Morgan fingerprint density at radius 3 is 1.57 bits per heavy atom. The number of hydrogen-bond donors (Lipinski definition) is 0. The number of ether oxygens (including phenoxy) is 4. The van der Waals surface area contributed by atoms with Crippen molar-refractivity contribution in [1.82, 2.24) is 0 Å². The minimum Gasteiger partial charge on any atom is -0.459 e. The van der Waals surface area contributed by atoms with Crippen LogP contribution in [0.15, 0.2) is 24.3 Å². The van der Waals surface area contributed by atoms with Gasteiger partial charge in [-0.3, -0.25) is 0 Å². The van der Waals surface area contributed by atoms with Gasteiger partial charge in [-0.1, -0.05) is 36.1 Å². The third-order valence-corrected chi connectivity index (χ3v) is 4.07. The zero-order valence-electron chi connectivity index (χ0n) is 17.8. The molecule has 1 aromatic carbocycles. The Labute approximate surface area is 179 Å². The molecule has 0 aliphatic rings. The van der Waals surface area contributed by atoms with Gasteiger partial charge in [0.05, 0.1) is 27.4 Å². The normalized spacial score (nSPS) is 9.67. The molecule has 0 spiro atoms. The van der Waals surface area contributed by atoms with Crippen LogP contribution in [0.5, 0.6) is 0 Å². The van der Waals surface area contributed by atoms with Crippen LogP contribution >= 0.6 is 0 Å². The average molecular weight is 414 g/mol. The molecule has 1 aromatic rings. The zero-order chi connectivity index (χ0) is 21.9. The molecule has 0 saturated carbocycles. The number of rotatable bonds is 12. The SMILES string of the molecule is COC(=O)C#CCCCCOCc1ccccc1COCCCCC#CC(=O)OC. The molecular formula is C24H30O6. The Morgan fingerprint density at radius 1 is 0.733 bits per heavy atom. The molecular weight excluding hydrogens is 384 g/mol. The third kappa shape index (κ3) is 12.6. The predicted octanol–water partition coefficient (Wildman–Crippen LogP) is 3.41. The summed E-state index contributed by atoms with van der Waals surface area (Å²) in [6.07, 6.45) is 4.81. The highest BCUT2D eigenvalue weighted by atomic mass is 16.5. The van der Waals surface area contributed by atoms with Crippen LogP contribution in [0.3, 0.4) is 0 Å². The Bertz CT molecular complexity index is 698. The molecule has 1 rings (SSSR count). The fourth-order valence-electron chi connectivity index (χ4n) is 2.41. The molecule has 0 amide bonds. The maximum absolute atomic E-state index is 10.9. The first-order valence-corrected chi connectivity index (χ1v) is 10.0. The molecule has 0 bridgehead atoms. The van der Waals surface area contributed by atoms with Gasteiger partial charge in [-0.25, -0.2) is 9.59 Å². The smallest absolute Gasteiger partial charge is 0.384 e. The highest BCUT2D eigenvalue weighted by Crippen LogP contribution is 2.12. The van der Waals surface area contributed by atoms with E-state index in [1.165, 1.54) is 14.2 Å². The minimum atomic E-state index is -0.502. The van der Waals surface area contributed by atoms with E-state index >= 15 is 0 Å². The molecule has 30 heavy (non-hydrogen) atoms. The van der Waals surface area contributed by atoms with E-state index in [1.807, 2.05) is 24.3 Å². The molecule has 162 valence electrons. The van der Waals surface area contributed by atoms with Crippen LogP contribution in [0.2, 0.25) is 0 Å². The molecule has 0 heterocycles. The zero-order valence-corrected chi connectivity index (χ0v) is 17.8. The Morgan fingerprint density at radius 2 is 1.17 bits per heavy atom. The van der Waals surface area contributed by atoms with E-state index in [4.69, 9.17) is 9.47 Å². The van der Waals surface area contributed by atoms with Gasteiger partial charge >= 0.3 is 11.9 Å². The topological polar surface area (TPSA) is 71.1 Å². The predicted molar refractivity (Wildman–Crippen MR) is 113 cm³/mol. The molecule has 0 fully saturated rings. The number of carbonyl (C=O) groups is 2. The maximum Gasteiger partial charge on any atom is 0.384 e. The molecule has 0 atom stereocenters. The summed E-state index contributed by atoms with van der Waals surface area (Å²) in [6, 6.07) is 8.07. The van der Waals surface area contributed by atoms with Crippen molar-refractivity contribution in [2.24, 2.45) is 0 Å². The van der Waals surface area contributed by atoms with Crippen LogP contribution in [0.25, 0.3) is 0 Å². The van der Waals surface area contributed by atoms with Crippen molar-refractivity contribution in [1.29, 1.82) is 0 Å². The highest BCUT2D eigenvalue weighted by Gasteiger charge is 2.02. The first-order valence-electron chi connectivity index (χ1n) is 10.0. The molecule has 0 aliphatic carbocycles. The van der Waals surface area contributed by atoms with E-state index in [2.05, 4.69) is 33.2 Å². The van der Waals surface area contributed by atoms with Crippen molar-refractivity contribution in [2.75, 3.05) is 27.4 Å². The van der Waals surface area contributed by atoms with Crippen LogP contribution in [0.4, 0.5) is 0 Å². The minimum absolute atomic E-state index is 0.502. The number of esters is 2. The molecule has 0 aliphatic heterocycles. The molecule has 0 unspecified atom stereocenters. The van der Waals surface area contributed by atoms with Crippen molar-refractivity contribution >= 4 is 11.9 Å². The van der Waals surface area contributed by atoms with Crippen molar-refractivity contribution in [3.63, 3.8) is 0 Å². The van der Waals surface area contributed by atoms with Crippen LogP contribution in [0.1, 0.15) is 49.7 Å². The average Bonchev–Trinajstić information content (AvgIpc) is 2.77. The number of unbranched alkanes of at least 4 members (excludes halogenated alkanes) is 4. The summed E-state index contributed by atoms with van der Waals surface area (Å²) >= 11 is 0. The lowest BCUT2D eigenvalue weighted by Gasteiger charge is -2.10. The van der Waals surface area contributed by atoms with Gasteiger partial charge in [0.15, 0.2) is 0 Å². The Balaban J connectivity index is 2.18. The van der Waals surface area contributed by atoms with Gasteiger partial charge in [0.25, 0.3) is 0 Å². The Hall–Kier alpha value is -2.80. The van der Waals surface area contributed by atoms with Gasteiger partial charge in [0.1, 0.15) is 0 Å². The summed E-state index contributed by atoms with van der Waals surface area (Å²) < 4.78 is 20.4. The van der Waals surface area contributed by atoms with Gasteiger partial charge in [0.2, 0.25) is 0 Å². The van der Waals surface area contributed by atoms with E-state index < -0.39 is 11.9 Å². The van der Waals surface area contributed by atoms with E-state index in [-0.39, 0.29) is 0 Å². The summed E-state index contributed by atoms with van der Waals surface area (Å²) in [5.74, 6) is 9.38. The lowest BCUT2D eigenvalue weighted by molar-refractivity contribution is -0.134. The largest absolute Gasteiger partial charge is 0.459 e. The lowest BCUT2D eigenvalue weighted by atomic mass is 10.1. The van der Waals surface area contributed by atoms with Crippen molar-refractivity contribution < 1.29 is 28.5 Å². The van der Waals surface area contributed by atoms with Gasteiger partial charge in [-0.2, -0.15) is 0 Å². The molecule has 0 radical (unpaired) electrons. The summed E-state index contributed by atoms with van der Waals surface area (Å²) in [5.41, 5.74) is 2.24. The molecule has 0 saturated heterocycles. The molecule has 0 N–H and O–H groups in total. The number of benzene rings is 1. The lowest BCUT2D eigenvalue weighted by Crippen LogP contribution is -2.02. The quantitative estimate of drug-likeness (QED) is 0.226. The van der Waals surface area contributed by atoms with Crippen LogP contribution in [0, 0.1) is 23.7 Å². The first-order chi connectivity index (χ1) is 14.7. The number of carbonyl (C=O) groups excluding carboxylic acids is 2. The third-order valence-electron chi connectivity index (χ3n) is 4.07. The van der Waals surface area contributed by atoms with Crippen LogP contribution in [-0.4, -0.2) is 39.4 Å². The standard InChI is InChI=1S/C24H30O6/c1-27-23(25)15-7-3-5-11-17-29-19-21-13-9-10-14-22(21)20-30-18-12-6-4-8-16-24(26)28-2/h9-10,13-14H,3-6,11-12,17-20H2,1-2H3. The molecule has 6 heteroatoms. The highest BCUT2D eigenvalue weighted by molar-refractivity contribution is 5.88. The molecule has 0 aromatic heterocycles. The van der Waals surface area contributed by atoms with Crippen molar-refractivity contribution in [3.8, 4) is 23.7 Å². The maximum atomic E-state index is 10.9. The Kier molecular flexibility index (Phi) is 14.4. The fraction of sp³-hybridized carbons (Fsp3) is 0.500. The van der Waals surface area contributed by atoms with Crippen LogP contribution in [-0.2, 0) is 41.8 Å². The summed E-state index contributed by atoms with van der Waals surface area (Å²) in [5, 5.41) is 0. The van der Waals surface area contributed by atoms with Gasteiger partial charge in [0, 0.05) is 37.9 Å². The van der Waals surface area contributed by atoms with Crippen molar-refractivity contribution in [3.05, 3.63) is 35.4 Å². The number of methoxy groups -OCH3 is 2. The first kappa shape index (κ1) is 25.2. The van der Waals surface area contributed by atoms with Gasteiger partial charge < -0.3 is 18.9 Å². The second-order valence-corrected chi connectivity index (χ2v) is 6.37. The fourth-order valence-corrected chi connectivity index (χ4v) is 2.41. The molecule has 6 nitrogen and oxygen atoms in total. The van der Waals surface area contributed by atoms with E-state index in [0.29, 0.717) is 39.3 Å². The van der Waals surface area contributed by atoms with Gasteiger partial charge in [-0.15, -0.1) is 0 Å². The van der Waals surface area contributed by atoms with Crippen molar-refractivity contribution in [2.45, 2.75) is 51.7 Å². The monoisotopic (exact) mass is 414 g/mol. The summed E-state index contributed by atoms with van der Waals surface area (Å²) in [6.45, 7) is 2.36. The van der Waals surface area contributed by atoms with Crippen LogP contribution < -0.4 is 0 Å². The second kappa shape index (κ2) is 17.1. The summed E-state index contributed by atoms with van der Waals surface area (Å²) in [7, 11) is 2.64. The summed E-state index contributed by atoms with van der Waals surface area (Å²) in [4.78, 5) is 21.7. The van der Waals surface area contributed by atoms with E-state index in [0.717, 1.165) is 36.8 Å².